The molecule has 0 bridgehead atoms. The van der Waals surface area contributed by atoms with Gasteiger partial charge in [0.2, 0.25) is 0 Å². The molecule has 14 rings (SSSR count). The standard InChI is InChI=1S/C73H61BN2/c1-71(2,3)51-35-40-63-66(43-51)76(54-38-32-49(33-39-54)59-27-17-29-62-69(59)60-24-13-14-28-61(60)73(62,7)8)68-45-52(72(4,5)6)44-67-70(68)74(63)64-42-50(58-26-16-21-47-19-10-12-23-56(47)58)34-41-65(64)75(67)53-36-30-48(31-37-53)57-25-15-20-46-18-9-11-22-55(46)57/h9-45H,1-8H3. The molecule has 2 aliphatic heterocycles. The van der Waals surface area contributed by atoms with Gasteiger partial charge in [-0.2, -0.15) is 0 Å². The van der Waals surface area contributed by atoms with E-state index in [9.17, 15) is 0 Å². The highest BCUT2D eigenvalue weighted by Gasteiger charge is 2.45. The van der Waals surface area contributed by atoms with Crippen LogP contribution < -0.4 is 26.2 Å². The second kappa shape index (κ2) is 16.8. The fourth-order valence-corrected chi connectivity index (χ4v) is 13.2. The van der Waals surface area contributed by atoms with Gasteiger partial charge in [0.25, 0.3) is 6.71 Å². The summed E-state index contributed by atoms with van der Waals surface area (Å²) in [5.41, 5.74) is 26.4. The first-order valence-corrected chi connectivity index (χ1v) is 27.2. The summed E-state index contributed by atoms with van der Waals surface area (Å²) in [4.78, 5) is 5.18. The number of nitrogens with zero attached hydrogens (tertiary/aromatic N) is 2. The van der Waals surface area contributed by atoms with E-state index >= 15 is 0 Å². The molecule has 1 aliphatic carbocycles. The molecule has 0 unspecified atom stereocenters. The van der Waals surface area contributed by atoms with Gasteiger partial charge in [0.1, 0.15) is 0 Å². The quantitative estimate of drug-likeness (QED) is 0.159. The topological polar surface area (TPSA) is 6.48 Å². The molecule has 11 aromatic rings. The van der Waals surface area contributed by atoms with Gasteiger partial charge >= 0.3 is 0 Å². The summed E-state index contributed by atoms with van der Waals surface area (Å²) in [5, 5.41) is 5.03. The third-order valence-electron chi connectivity index (χ3n) is 17.2. The summed E-state index contributed by atoms with van der Waals surface area (Å²) < 4.78 is 0. The first-order valence-electron chi connectivity index (χ1n) is 27.2. The molecule has 0 spiro atoms. The molecule has 0 aromatic heterocycles. The molecule has 0 N–H and O–H groups in total. The molecule has 366 valence electrons. The van der Waals surface area contributed by atoms with E-state index in [1.807, 2.05) is 0 Å². The van der Waals surface area contributed by atoms with Crippen molar-refractivity contribution in [1.29, 1.82) is 0 Å². The lowest BCUT2D eigenvalue weighted by molar-refractivity contribution is 0.590. The van der Waals surface area contributed by atoms with Crippen LogP contribution in [0.1, 0.15) is 77.6 Å². The Balaban J connectivity index is 1.01. The molecule has 0 atom stereocenters. The second-order valence-corrected chi connectivity index (χ2v) is 24.1. The van der Waals surface area contributed by atoms with Crippen molar-refractivity contribution in [3.8, 4) is 44.5 Å². The highest BCUT2D eigenvalue weighted by atomic mass is 15.2. The second-order valence-electron chi connectivity index (χ2n) is 24.1. The van der Waals surface area contributed by atoms with Crippen molar-refractivity contribution in [1.82, 2.24) is 0 Å². The van der Waals surface area contributed by atoms with Crippen molar-refractivity contribution >= 4 is 78.8 Å². The molecule has 11 aromatic carbocycles. The van der Waals surface area contributed by atoms with Crippen molar-refractivity contribution in [2.24, 2.45) is 0 Å². The Kier molecular flexibility index (Phi) is 10.2. The Bertz CT molecular complexity index is 4160. The van der Waals surface area contributed by atoms with Crippen molar-refractivity contribution in [3.05, 3.63) is 247 Å². The number of hydrogen-bond donors (Lipinski definition) is 0. The molecule has 0 saturated heterocycles. The molecule has 0 amide bonds. The largest absolute Gasteiger partial charge is 0.311 e. The minimum atomic E-state index is -0.149. The van der Waals surface area contributed by atoms with Crippen molar-refractivity contribution in [3.63, 3.8) is 0 Å². The Hall–Kier alpha value is -8.40. The Labute approximate surface area is 449 Å². The summed E-state index contributed by atoms with van der Waals surface area (Å²) >= 11 is 0. The van der Waals surface area contributed by atoms with Crippen LogP contribution in [-0.4, -0.2) is 6.71 Å². The Morgan fingerprint density at radius 1 is 0.355 bits per heavy atom. The summed E-state index contributed by atoms with van der Waals surface area (Å²) in [6, 6.07) is 85.3. The van der Waals surface area contributed by atoms with Crippen LogP contribution in [0, 0.1) is 0 Å². The Morgan fingerprint density at radius 3 is 1.46 bits per heavy atom. The van der Waals surface area contributed by atoms with Crippen LogP contribution in [0.4, 0.5) is 34.1 Å². The first kappa shape index (κ1) is 46.2. The van der Waals surface area contributed by atoms with Crippen LogP contribution in [-0.2, 0) is 16.2 Å². The van der Waals surface area contributed by atoms with Gasteiger partial charge in [-0.1, -0.05) is 231 Å². The lowest BCUT2D eigenvalue weighted by Gasteiger charge is -2.45. The van der Waals surface area contributed by atoms with Crippen molar-refractivity contribution in [2.45, 2.75) is 71.6 Å². The molecule has 2 heterocycles. The average molecular weight is 977 g/mol. The van der Waals surface area contributed by atoms with Crippen LogP contribution in [0.15, 0.2) is 224 Å². The summed E-state index contributed by atoms with van der Waals surface area (Å²) in [6.45, 7) is 18.8. The van der Waals surface area contributed by atoms with Crippen molar-refractivity contribution in [2.75, 3.05) is 9.80 Å². The van der Waals surface area contributed by atoms with Gasteiger partial charge in [-0.25, -0.2) is 0 Å². The van der Waals surface area contributed by atoms with E-state index < -0.39 is 0 Å². The zero-order valence-corrected chi connectivity index (χ0v) is 44.8. The van der Waals surface area contributed by atoms with E-state index in [-0.39, 0.29) is 23.0 Å². The molecule has 3 heteroatoms. The highest BCUT2D eigenvalue weighted by Crippen LogP contribution is 2.53. The number of hydrogen-bond acceptors (Lipinski definition) is 2. The summed E-state index contributed by atoms with van der Waals surface area (Å²) in [6.07, 6.45) is 0. The zero-order valence-electron chi connectivity index (χ0n) is 44.8. The predicted molar refractivity (Wildman–Crippen MR) is 327 cm³/mol. The summed E-state index contributed by atoms with van der Waals surface area (Å²) in [7, 11) is 0. The van der Waals surface area contributed by atoms with E-state index in [1.165, 1.54) is 127 Å². The summed E-state index contributed by atoms with van der Waals surface area (Å²) in [5.74, 6) is 0. The average Bonchev–Trinajstić information content (AvgIpc) is 3.76. The zero-order chi connectivity index (χ0) is 51.8. The molecule has 0 fully saturated rings. The minimum Gasteiger partial charge on any atom is -0.311 e. The number of benzene rings is 11. The van der Waals surface area contributed by atoms with Gasteiger partial charge < -0.3 is 9.80 Å². The molecule has 0 radical (unpaired) electrons. The molecule has 0 saturated carbocycles. The van der Waals surface area contributed by atoms with E-state index in [0.717, 1.165) is 11.4 Å². The van der Waals surface area contributed by atoms with Gasteiger partial charge in [0.15, 0.2) is 0 Å². The van der Waals surface area contributed by atoms with Gasteiger partial charge in [0, 0.05) is 39.5 Å². The van der Waals surface area contributed by atoms with Crippen LogP contribution in [0.2, 0.25) is 0 Å². The van der Waals surface area contributed by atoms with Crippen LogP contribution in [0.25, 0.3) is 66.1 Å². The molecular weight excluding hydrogens is 916 g/mol. The lowest BCUT2D eigenvalue weighted by Crippen LogP contribution is -2.61. The third-order valence-corrected chi connectivity index (χ3v) is 17.2. The lowest BCUT2D eigenvalue weighted by atomic mass is 9.33. The molecule has 3 aliphatic rings. The van der Waals surface area contributed by atoms with Crippen LogP contribution >= 0.6 is 0 Å². The van der Waals surface area contributed by atoms with E-state index in [4.69, 9.17) is 0 Å². The van der Waals surface area contributed by atoms with E-state index in [2.05, 4.69) is 290 Å². The predicted octanol–water partition coefficient (Wildman–Crippen LogP) is 18.0. The van der Waals surface area contributed by atoms with Gasteiger partial charge in [-0.05, 0) is 164 Å². The third kappa shape index (κ3) is 7.08. The normalized spacial score (nSPS) is 14.1. The molecule has 2 nitrogen and oxygen atoms in total. The van der Waals surface area contributed by atoms with Gasteiger partial charge in [-0.15, -0.1) is 0 Å². The van der Waals surface area contributed by atoms with Gasteiger partial charge in [-0.3, -0.25) is 0 Å². The van der Waals surface area contributed by atoms with E-state index in [1.54, 1.807) is 0 Å². The SMILES string of the molecule is CC(C)(C)c1ccc2c(c1)N(c1ccc(-c3cccc4c3-c3ccccc3C4(C)C)cc1)c1cc(C(C)(C)C)cc3c1B2c1cc(-c2cccc4ccccc24)ccc1N3c1ccc(-c2cccc3ccccc23)cc1. The number of anilines is 6. The maximum absolute atomic E-state index is 2.61. The van der Waals surface area contributed by atoms with Crippen molar-refractivity contribution < 1.29 is 0 Å². The fourth-order valence-electron chi connectivity index (χ4n) is 13.2. The monoisotopic (exact) mass is 976 g/mol. The maximum atomic E-state index is 2.61. The number of rotatable bonds is 5. The van der Waals surface area contributed by atoms with Crippen LogP contribution in [0.3, 0.4) is 0 Å². The minimum absolute atomic E-state index is 0.0370. The maximum Gasteiger partial charge on any atom is 0.252 e. The van der Waals surface area contributed by atoms with E-state index in [0.29, 0.717) is 0 Å². The highest BCUT2D eigenvalue weighted by molar-refractivity contribution is 7.00. The fraction of sp³-hybridized carbons (Fsp3) is 0.151. The van der Waals surface area contributed by atoms with Crippen LogP contribution in [0.5, 0.6) is 0 Å². The number of fused-ring (bicyclic) bond motifs is 9. The smallest absolute Gasteiger partial charge is 0.252 e. The van der Waals surface area contributed by atoms with Gasteiger partial charge in [0.05, 0.1) is 0 Å². The molecular formula is C73H61BN2. The molecule has 76 heavy (non-hydrogen) atoms. The first-order chi connectivity index (χ1) is 36.7. The Morgan fingerprint density at radius 2 is 0.829 bits per heavy atom.